The van der Waals surface area contributed by atoms with Crippen LogP contribution in [0.25, 0.3) is 0 Å². The molecule has 0 aliphatic carbocycles. The van der Waals surface area contributed by atoms with E-state index in [4.69, 9.17) is 9.47 Å². The van der Waals surface area contributed by atoms with Crippen LogP contribution in [-0.4, -0.2) is 26.0 Å². The number of esters is 1. The van der Waals surface area contributed by atoms with Gasteiger partial charge in [0.1, 0.15) is 12.0 Å². The first-order valence-electron chi connectivity index (χ1n) is 5.92. The van der Waals surface area contributed by atoms with Crippen molar-refractivity contribution in [3.8, 4) is 5.75 Å². The zero-order valence-corrected chi connectivity index (χ0v) is 11.0. The number of hydrogen-bond acceptors (Lipinski definition) is 5. The van der Waals surface area contributed by atoms with Crippen molar-refractivity contribution in [2.45, 2.75) is 13.3 Å². The minimum absolute atomic E-state index is 0.0941. The molecule has 0 atom stereocenters. The third kappa shape index (κ3) is 4.83. The lowest BCUT2D eigenvalue weighted by atomic mass is 10.2. The molecule has 0 radical (unpaired) electrons. The van der Waals surface area contributed by atoms with Crippen LogP contribution in [0.1, 0.15) is 13.3 Å². The number of methoxy groups -OCH3 is 1. The van der Waals surface area contributed by atoms with Crippen LogP contribution >= 0.6 is 0 Å². The van der Waals surface area contributed by atoms with Gasteiger partial charge in [-0.1, -0.05) is 12.1 Å². The van der Waals surface area contributed by atoms with E-state index in [2.05, 4.69) is 5.32 Å². The molecule has 0 spiro atoms. The highest BCUT2D eigenvalue weighted by Crippen LogP contribution is 2.24. The molecule has 0 unspecified atom stereocenters. The number of benzene rings is 1. The summed E-state index contributed by atoms with van der Waals surface area (Å²) in [6, 6.07) is 7.24. The highest BCUT2D eigenvalue weighted by Gasteiger charge is 2.06. The first kappa shape index (κ1) is 14.8. The molecule has 5 nitrogen and oxygen atoms in total. The smallest absolute Gasteiger partial charge is 0.332 e. The number of carbonyl (C=O) groups is 2. The topological polar surface area (TPSA) is 64.6 Å². The predicted octanol–water partition coefficient (Wildman–Crippen LogP) is 2.14. The Hall–Kier alpha value is -2.30. The van der Waals surface area contributed by atoms with Crippen molar-refractivity contribution < 1.29 is 19.1 Å². The van der Waals surface area contributed by atoms with Gasteiger partial charge < -0.3 is 19.6 Å². The summed E-state index contributed by atoms with van der Waals surface area (Å²) in [4.78, 5) is 22.0. The Labute approximate surface area is 112 Å². The van der Waals surface area contributed by atoms with Gasteiger partial charge >= 0.3 is 5.97 Å². The molecule has 5 heteroatoms. The van der Waals surface area contributed by atoms with Gasteiger partial charge in [0.05, 0.1) is 19.4 Å². The van der Waals surface area contributed by atoms with E-state index in [-0.39, 0.29) is 6.42 Å². The molecule has 0 aliphatic rings. The summed E-state index contributed by atoms with van der Waals surface area (Å²) in [7, 11) is 1.55. The van der Waals surface area contributed by atoms with E-state index in [1.807, 2.05) is 12.1 Å². The number of aldehydes is 1. The van der Waals surface area contributed by atoms with Gasteiger partial charge in [-0.05, 0) is 19.1 Å². The second kappa shape index (κ2) is 7.92. The summed E-state index contributed by atoms with van der Waals surface area (Å²) in [6.45, 7) is 2.01. The molecule has 0 aromatic heterocycles. The third-order valence-corrected chi connectivity index (χ3v) is 2.28. The molecule has 102 valence electrons. The minimum atomic E-state index is -0.484. The van der Waals surface area contributed by atoms with Crippen molar-refractivity contribution in [1.82, 2.24) is 0 Å². The number of para-hydroxylation sites is 2. The van der Waals surface area contributed by atoms with Gasteiger partial charge in [-0.2, -0.15) is 0 Å². The zero-order chi connectivity index (χ0) is 14.1. The van der Waals surface area contributed by atoms with Crippen LogP contribution in [0.5, 0.6) is 5.75 Å². The molecule has 0 bridgehead atoms. The third-order valence-electron chi connectivity index (χ3n) is 2.28. The summed E-state index contributed by atoms with van der Waals surface area (Å²) in [6.07, 6.45) is 2.08. The number of allylic oxidation sites excluding steroid dienone is 1. The second-order valence-corrected chi connectivity index (χ2v) is 3.62. The van der Waals surface area contributed by atoms with E-state index >= 15 is 0 Å². The Bertz CT molecular complexity index is 468. The standard InChI is InChI=1S/C14H17NO4/c1-3-19-14(17)10-11(8-9-16)15-12-6-4-5-7-13(12)18-2/h4-7,9-10,15H,3,8H2,1-2H3/b11-10-. The fraction of sp³-hybridized carbons (Fsp3) is 0.286. The molecular weight excluding hydrogens is 246 g/mol. The number of rotatable bonds is 7. The summed E-state index contributed by atoms with van der Waals surface area (Å²) in [5.74, 6) is 0.143. The predicted molar refractivity (Wildman–Crippen MR) is 72.0 cm³/mol. The molecule has 1 N–H and O–H groups in total. The van der Waals surface area contributed by atoms with E-state index in [0.29, 0.717) is 30.0 Å². The van der Waals surface area contributed by atoms with Crippen molar-refractivity contribution in [2.75, 3.05) is 19.0 Å². The Kier molecular flexibility index (Phi) is 6.15. The van der Waals surface area contributed by atoms with E-state index in [0.717, 1.165) is 0 Å². The van der Waals surface area contributed by atoms with Crippen molar-refractivity contribution in [1.29, 1.82) is 0 Å². The Morgan fingerprint density at radius 2 is 2.11 bits per heavy atom. The van der Waals surface area contributed by atoms with Crippen molar-refractivity contribution >= 4 is 17.9 Å². The molecule has 19 heavy (non-hydrogen) atoms. The van der Waals surface area contributed by atoms with E-state index in [1.54, 1.807) is 26.2 Å². The lowest BCUT2D eigenvalue weighted by molar-refractivity contribution is -0.137. The zero-order valence-electron chi connectivity index (χ0n) is 11.0. The normalized spacial score (nSPS) is 10.7. The quantitative estimate of drug-likeness (QED) is 0.464. The van der Waals surface area contributed by atoms with Gasteiger partial charge in [0.15, 0.2) is 0 Å². The maximum absolute atomic E-state index is 11.4. The fourth-order valence-corrected chi connectivity index (χ4v) is 1.48. The van der Waals surface area contributed by atoms with Crippen molar-refractivity contribution in [2.24, 2.45) is 0 Å². The van der Waals surface area contributed by atoms with Crippen LogP contribution in [0.15, 0.2) is 36.0 Å². The minimum Gasteiger partial charge on any atom is -0.495 e. The Morgan fingerprint density at radius 3 is 2.74 bits per heavy atom. The average molecular weight is 263 g/mol. The van der Waals surface area contributed by atoms with E-state index in [9.17, 15) is 9.59 Å². The molecular formula is C14H17NO4. The Morgan fingerprint density at radius 1 is 1.37 bits per heavy atom. The highest BCUT2D eigenvalue weighted by molar-refractivity contribution is 5.84. The molecule has 0 saturated heterocycles. The summed E-state index contributed by atoms with van der Waals surface area (Å²) in [5, 5.41) is 2.99. The first-order chi connectivity index (χ1) is 9.21. The van der Waals surface area contributed by atoms with Gasteiger partial charge in [-0.15, -0.1) is 0 Å². The summed E-state index contributed by atoms with van der Waals surface area (Å²) < 4.78 is 9.99. The molecule has 1 rings (SSSR count). The molecule has 0 fully saturated rings. The Balaban J connectivity index is 2.89. The maximum atomic E-state index is 11.4. The average Bonchev–Trinajstić information content (AvgIpc) is 2.40. The molecule has 0 aliphatic heterocycles. The van der Waals surface area contributed by atoms with Gasteiger partial charge in [0.25, 0.3) is 0 Å². The van der Waals surface area contributed by atoms with E-state index in [1.165, 1.54) is 6.08 Å². The summed E-state index contributed by atoms with van der Waals surface area (Å²) >= 11 is 0. The lowest BCUT2D eigenvalue weighted by Gasteiger charge is -2.12. The van der Waals surface area contributed by atoms with Gasteiger partial charge in [-0.3, -0.25) is 0 Å². The SMILES string of the molecule is CCOC(=O)/C=C(/CC=O)Nc1ccccc1OC. The fourth-order valence-electron chi connectivity index (χ4n) is 1.48. The van der Waals surface area contributed by atoms with Crippen molar-refractivity contribution in [3.05, 3.63) is 36.0 Å². The number of hydrogen-bond donors (Lipinski definition) is 1. The van der Waals surface area contributed by atoms with Crippen molar-refractivity contribution in [3.63, 3.8) is 0 Å². The summed E-state index contributed by atoms with van der Waals surface area (Å²) in [5.41, 5.74) is 1.14. The molecule has 1 aromatic rings. The van der Waals surface area contributed by atoms with Gasteiger partial charge in [0, 0.05) is 18.2 Å². The van der Waals surface area contributed by atoms with Crippen LogP contribution in [0.3, 0.4) is 0 Å². The molecule has 0 amide bonds. The molecule has 0 heterocycles. The molecule has 1 aromatic carbocycles. The van der Waals surface area contributed by atoms with Crippen LogP contribution in [-0.2, 0) is 14.3 Å². The molecule has 0 saturated carbocycles. The lowest BCUT2D eigenvalue weighted by Crippen LogP contribution is -2.07. The first-order valence-corrected chi connectivity index (χ1v) is 5.92. The monoisotopic (exact) mass is 263 g/mol. The number of anilines is 1. The van der Waals surface area contributed by atoms with Crippen LogP contribution < -0.4 is 10.1 Å². The van der Waals surface area contributed by atoms with Gasteiger partial charge in [0.2, 0.25) is 0 Å². The number of nitrogens with one attached hydrogen (secondary N) is 1. The second-order valence-electron chi connectivity index (χ2n) is 3.62. The van der Waals surface area contributed by atoms with Gasteiger partial charge in [-0.25, -0.2) is 4.79 Å². The highest BCUT2D eigenvalue weighted by atomic mass is 16.5. The van der Waals surface area contributed by atoms with Crippen LogP contribution in [0.2, 0.25) is 0 Å². The van der Waals surface area contributed by atoms with E-state index < -0.39 is 5.97 Å². The largest absolute Gasteiger partial charge is 0.495 e. The number of ether oxygens (including phenoxy) is 2. The van der Waals surface area contributed by atoms with Crippen LogP contribution in [0, 0.1) is 0 Å². The maximum Gasteiger partial charge on any atom is 0.332 e. The van der Waals surface area contributed by atoms with Crippen LogP contribution in [0.4, 0.5) is 5.69 Å². The number of carbonyl (C=O) groups excluding carboxylic acids is 2.